The van der Waals surface area contributed by atoms with Crippen LogP contribution in [0.3, 0.4) is 0 Å². The molecule has 138 valence electrons. The van der Waals surface area contributed by atoms with Crippen molar-refractivity contribution >= 4 is 20.5 Å². The van der Waals surface area contributed by atoms with Gasteiger partial charge in [0, 0.05) is 0 Å². The van der Waals surface area contributed by atoms with Crippen molar-refractivity contribution in [2.45, 2.75) is 65.1 Å². The first-order valence-electron chi connectivity index (χ1n) is 8.88. The van der Waals surface area contributed by atoms with Crippen LogP contribution in [-0.2, 0) is 4.43 Å². The number of amides is 2. The summed E-state index contributed by atoms with van der Waals surface area (Å²) in [5.74, 6) is 0.365. The van der Waals surface area contributed by atoms with E-state index in [-0.39, 0.29) is 0 Å². The van der Waals surface area contributed by atoms with Crippen LogP contribution in [-0.4, -0.2) is 20.5 Å². The largest absolute Gasteiger partial charge is 0.501 e. The zero-order valence-electron chi connectivity index (χ0n) is 15.6. The van der Waals surface area contributed by atoms with E-state index in [1.54, 1.807) is 18.2 Å². The molecule has 0 aliphatic rings. The Bertz CT molecular complexity index is 587. The summed E-state index contributed by atoms with van der Waals surface area (Å²) in [7, 11) is -2.17. The summed E-state index contributed by atoms with van der Waals surface area (Å²) >= 11 is 0. The van der Waals surface area contributed by atoms with Crippen molar-refractivity contribution in [1.82, 2.24) is 0 Å². The Morgan fingerprint density at radius 2 is 1.52 bits per heavy atom. The van der Waals surface area contributed by atoms with E-state index < -0.39 is 20.5 Å². The molecule has 0 N–H and O–H groups in total. The smallest absolute Gasteiger partial charge is 0.458 e. The lowest BCUT2D eigenvalue weighted by atomic mass is 10.2. The van der Waals surface area contributed by atoms with Crippen LogP contribution in [0.25, 0.3) is 0 Å². The highest BCUT2D eigenvalue weighted by atomic mass is 28.4. The van der Waals surface area contributed by atoms with Gasteiger partial charge in [-0.05, 0) is 42.8 Å². The summed E-state index contributed by atoms with van der Waals surface area (Å²) in [5.41, 5.74) is 0.955. The van der Waals surface area contributed by atoms with Crippen LogP contribution in [0.2, 0.25) is 18.1 Å². The standard InChI is InChI=1S/C18H28N2O4Si/c1-5-11-25(12-6-2,13-7-3)24-18(22)20-19-17(21)23-16-10-8-9-15(4)14-16/h8-10,14H,5-7,11-13H2,1-4H3. The Labute approximate surface area is 150 Å². The predicted molar refractivity (Wildman–Crippen MR) is 99.6 cm³/mol. The van der Waals surface area contributed by atoms with Crippen LogP contribution in [0.1, 0.15) is 45.6 Å². The zero-order valence-corrected chi connectivity index (χ0v) is 16.6. The highest BCUT2D eigenvalue weighted by Crippen LogP contribution is 2.28. The highest BCUT2D eigenvalue weighted by molar-refractivity contribution is 6.75. The van der Waals surface area contributed by atoms with Gasteiger partial charge in [0.05, 0.1) is 0 Å². The van der Waals surface area contributed by atoms with Gasteiger partial charge in [-0.25, -0.2) is 9.59 Å². The summed E-state index contributed by atoms with van der Waals surface area (Å²) in [6.45, 7) is 8.14. The molecule has 0 spiro atoms. The Morgan fingerprint density at radius 3 is 2.04 bits per heavy atom. The Hall–Kier alpha value is -2.02. The van der Waals surface area contributed by atoms with Gasteiger partial charge < -0.3 is 9.16 Å². The number of benzene rings is 1. The van der Waals surface area contributed by atoms with Crippen molar-refractivity contribution in [3.63, 3.8) is 0 Å². The normalized spacial score (nSPS) is 11.5. The van der Waals surface area contributed by atoms with Gasteiger partial charge in [-0.2, -0.15) is 0 Å². The third-order valence-corrected chi connectivity index (χ3v) is 8.67. The van der Waals surface area contributed by atoms with Crippen molar-refractivity contribution < 1.29 is 18.8 Å². The molecular weight excluding hydrogens is 336 g/mol. The van der Waals surface area contributed by atoms with Crippen LogP contribution in [0.4, 0.5) is 9.59 Å². The molecule has 25 heavy (non-hydrogen) atoms. The molecule has 0 fully saturated rings. The van der Waals surface area contributed by atoms with Crippen LogP contribution >= 0.6 is 0 Å². The number of carbonyl (C=O) groups is 2. The van der Waals surface area contributed by atoms with Crippen LogP contribution in [0.15, 0.2) is 34.5 Å². The average molecular weight is 365 g/mol. The lowest BCUT2D eigenvalue weighted by Gasteiger charge is -2.29. The minimum absolute atomic E-state index is 0.365. The third-order valence-electron chi connectivity index (χ3n) is 3.83. The molecule has 1 rings (SSSR count). The molecule has 0 aromatic heterocycles. The molecule has 2 amide bonds. The number of azo groups is 1. The fourth-order valence-electron chi connectivity index (χ4n) is 2.98. The van der Waals surface area contributed by atoms with E-state index >= 15 is 0 Å². The topological polar surface area (TPSA) is 77.3 Å². The van der Waals surface area contributed by atoms with E-state index in [9.17, 15) is 9.59 Å². The first-order valence-corrected chi connectivity index (χ1v) is 11.4. The molecule has 0 radical (unpaired) electrons. The lowest BCUT2D eigenvalue weighted by molar-refractivity contribution is 0.198. The average Bonchev–Trinajstić information content (AvgIpc) is 2.54. The fraction of sp³-hybridized carbons (Fsp3) is 0.556. The molecule has 6 nitrogen and oxygen atoms in total. The number of rotatable bonds is 8. The minimum Gasteiger partial charge on any atom is -0.501 e. The Morgan fingerprint density at radius 1 is 0.960 bits per heavy atom. The number of nitrogens with zero attached hydrogens (tertiary/aromatic N) is 2. The first kappa shape index (κ1) is 21.0. The maximum absolute atomic E-state index is 12.0. The Kier molecular flexibility index (Phi) is 9.05. The second-order valence-corrected chi connectivity index (χ2v) is 10.3. The molecule has 0 bridgehead atoms. The van der Waals surface area contributed by atoms with Crippen molar-refractivity contribution in [3.8, 4) is 5.75 Å². The van der Waals surface area contributed by atoms with E-state index in [2.05, 4.69) is 31.0 Å². The SMILES string of the molecule is CCC[Si](CCC)(CCC)OC(=O)N=NC(=O)Oc1cccc(C)c1. The molecular formula is C18H28N2O4Si. The minimum atomic E-state index is -2.17. The van der Waals surface area contributed by atoms with Crippen LogP contribution < -0.4 is 4.74 Å². The molecule has 7 heteroatoms. The van der Waals surface area contributed by atoms with Crippen molar-refractivity contribution in [3.05, 3.63) is 29.8 Å². The van der Waals surface area contributed by atoms with Gasteiger partial charge in [0.2, 0.25) is 0 Å². The molecule has 1 aromatic rings. The van der Waals surface area contributed by atoms with E-state index in [0.29, 0.717) is 5.75 Å². The molecule has 0 aliphatic carbocycles. The molecule has 0 aliphatic heterocycles. The highest BCUT2D eigenvalue weighted by Gasteiger charge is 2.36. The summed E-state index contributed by atoms with van der Waals surface area (Å²) in [5, 5.41) is 6.72. The van der Waals surface area contributed by atoms with Gasteiger partial charge in [-0.3, -0.25) is 0 Å². The van der Waals surface area contributed by atoms with E-state index in [0.717, 1.165) is 43.0 Å². The number of aryl methyl sites for hydroxylation is 1. The maximum Gasteiger partial charge on any atom is 0.458 e. The van der Waals surface area contributed by atoms with Crippen molar-refractivity contribution in [2.75, 3.05) is 0 Å². The lowest BCUT2D eigenvalue weighted by Crippen LogP contribution is -2.39. The number of hydrogen-bond donors (Lipinski definition) is 0. The van der Waals surface area contributed by atoms with Gasteiger partial charge >= 0.3 is 12.2 Å². The Balaban J connectivity index is 2.68. The quantitative estimate of drug-likeness (QED) is 0.403. The zero-order chi connectivity index (χ0) is 18.7. The molecule has 0 heterocycles. The molecule has 0 atom stereocenters. The van der Waals surface area contributed by atoms with Gasteiger partial charge in [-0.1, -0.05) is 62.4 Å². The first-order chi connectivity index (χ1) is 11.9. The molecule has 0 unspecified atom stereocenters. The summed E-state index contributed by atoms with van der Waals surface area (Å²) in [6, 6.07) is 9.71. The second kappa shape index (κ2) is 10.8. The van der Waals surface area contributed by atoms with Gasteiger partial charge in [0.25, 0.3) is 8.32 Å². The van der Waals surface area contributed by atoms with Gasteiger partial charge in [0.1, 0.15) is 5.75 Å². The van der Waals surface area contributed by atoms with E-state index in [4.69, 9.17) is 9.16 Å². The number of ether oxygens (including phenoxy) is 1. The number of carbonyl (C=O) groups excluding carboxylic acids is 2. The third kappa shape index (κ3) is 7.60. The fourth-order valence-corrected chi connectivity index (χ4v) is 7.18. The summed E-state index contributed by atoms with van der Waals surface area (Å²) in [6.07, 6.45) is 1.17. The molecule has 0 saturated carbocycles. The van der Waals surface area contributed by atoms with Crippen molar-refractivity contribution in [1.29, 1.82) is 0 Å². The molecule has 0 saturated heterocycles. The molecule has 1 aromatic carbocycles. The van der Waals surface area contributed by atoms with E-state index in [1.165, 1.54) is 0 Å². The number of hydrogen-bond acceptors (Lipinski definition) is 4. The summed E-state index contributed by atoms with van der Waals surface area (Å²) < 4.78 is 10.7. The van der Waals surface area contributed by atoms with Crippen LogP contribution in [0.5, 0.6) is 5.75 Å². The predicted octanol–water partition coefficient (Wildman–Crippen LogP) is 6.26. The monoisotopic (exact) mass is 364 g/mol. The van der Waals surface area contributed by atoms with Crippen LogP contribution in [0, 0.1) is 6.92 Å². The van der Waals surface area contributed by atoms with Crippen molar-refractivity contribution in [2.24, 2.45) is 10.2 Å². The van der Waals surface area contributed by atoms with Gasteiger partial charge in [0.15, 0.2) is 0 Å². The van der Waals surface area contributed by atoms with Gasteiger partial charge in [-0.15, -0.1) is 0 Å². The maximum atomic E-state index is 12.0. The summed E-state index contributed by atoms with van der Waals surface area (Å²) in [4.78, 5) is 23.7. The van der Waals surface area contributed by atoms with E-state index in [1.807, 2.05) is 13.0 Å². The second-order valence-electron chi connectivity index (χ2n) is 6.19.